The van der Waals surface area contributed by atoms with E-state index in [2.05, 4.69) is 15.2 Å². The predicted octanol–water partition coefficient (Wildman–Crippen LogP) is 2.03. The van der Waals surface area contributed by atoms with Gasteiger partial charge < -0.3 is 10.1 Å². The number of amides is 1. The normalized spacial score (nSPS) is 10.3. The van der Waals surface area contributed by atoms with Crippen LogP contribution in [0.3, 0.4) is 0 Å². The Morgan fingerprint density at radius 1 is 1.27 bits per heavy atom. The topological polar surface area (TPSA) is 73.2 Å². The minimum atomic E-state index is -0.344. The first-order chi connectivity index (χ1) is 10.6. The Morgan fingerprint density at radius 2 is 2.00 bits per heavy atom. The van der Waals surface area contributed by atoms with Gasteiger partial charge in [0.25, 0.3) is 0 Å². The number of esters is 1. The predicted molar refractivity (Wildman–Crippen MR) is 86.3 cm³/mol. The monoisotopic (exact) mass is 319 g/mol. The summed E-state index contributed by atoms with van der Waals surface area (Å²) in [4.78, 5) is 23.0. The van der Waals surface area contributed by atoms with E-state index < -0.39 is 0 Å². The number of para-hydroxylation sites is 1. The van der Waals surface area contributed by atoms with Crippen LogP contribution in [0.4, 0.5) is 5.82 Å². The number of ether oxygens (including phenoxy) is 1. The number of hydrogen-bond acceptors (Lipinski definition) is 5. The third kappa shape index (κ3) is 4.36. The van der Waals surface area contributed by atoms with Crippen molar-refractivity contribution in [2.24, 2.45) is 0 Å². The molecule has 116 valence electrons. The number of nitrogens with one attached hydrogen (secondary N) is 1. The van der Waals surface area contributed by atoms with E-state index in [1.54, 1.807) is 10.7 Å². The number of carbonyl (C=O) groups excluding carboxylic acids is 2. The van der Waals surface area contributed by atoms with Crippen molar-refractivity contribution < 1.29 is 14.3 Å². The van der Waals surface area contributed by atoms with E-state index in [4.69, 9.17) is 0 Å². The van der Waals surface area contributed by atoms with Gasteiger partial charge in [-0.15, -0.1) is 11.8 Å². The number of aromatic nitrogens is 2. The highest BCUT2D eigenvalue weighted by Crippen LogP contribution is 2.17. The van der Waals surface area contributed by atoms with Crippen LogP contribution in [0.5, 0.6) is 0 Å². The van der Waals surface area contributed by atoms with Crippen LogP contribution in [0, 0.1) is 6.92 Å². The summed E-state index contributed by atoms with van der Waals surface area (Å²) in [6.45, 7) is 1.86. The molecule has 2 aromatic rings. The molecule has 22 heavy (non-hydrogen) atoms. The van der Waals surface area contributed by atoms with Gasteiger partial charge in [-0.2, -0.15) is 5.10 Å². The van der Waals surface area contributed by atoms with E-state index in [1.807, 2.05) is 37.3 Å². The van der Waals surface area contributed by atoms with Gasteiger partial charge in [-0.3, -0.25) is 9.59 Å². The Bertz CT molecular complexity index is 655. The van der Waals surface area contributed by atoms with Crippen LogP contribution in [0.15, 0.2) is 36.4 Å². The number of methoxy groups -OCH3 is 1. The third-order valence-corrected chi connectivity index (χ3v) is 3.69. The summed E-state index contributed by atoms with van der Waals surface area (Å²) in [7, 11) is 1.32. The van der Waals surface area contributed by atoms with E-state index in [0.29, 0.717) is 5.82 Å². The fourth-order valence-electron chi connectivity index (χ4n) is 1.82. The number of hydrogen-bond donors (Lipinski definition) is 1. The van der Waals surface area contributed by atoms with Gasteiger partial charge in [-0.05, 0) is 19.1 Å². The lowest BCUT2D eigenvalue weighted by Crippen LogP contribution is -2.18. The summed E-state index contributed by atoms with van der Waals surface area (Å²) in [6, 6.07) is 11.4. The molecule has 0 aliphatic rings. The summed E-state index contributed by atoms with van der Waals surface area (Å²) in [6.07, 6.45) is 0. The molecule has 0 atom stereocenters. The Balaban J connectivity index is 2.01. The van der Waals surface area contributed by atoms with Gasteiger partial charge in [0, 0.05) is 6.07 Å². The number of anilines is 1. The van der Waals surface area contributed by atoms with Gasteiger partial charge in [-0.25, -0.2) is 4.68 Å². The summed E-state index contributed by atoms with van der Waals surface area (Å²) < 4.78 is 6.20. The minimum absolute atomic E-state index is 0.154. The molecule has 1 heterocycles. The van der Waals surface area contributed by atoms with Crippen LogP contribution in [0.1, 0.15) is 5.69 Å². The second-order valence-electron chi connectivity index (χ2n) is 4.54. The number of carbonyl (C=O) groups is 2. The van der Waals surface area contributed by atoms with E-state index in [0.717, 1.165) is 11.4 Å². The van der Waals surface area contributed by atoms with Gasteiger partial charge >= 0.3 is 5.97 Å². The van der Waals surface area contributed by atoms with Gasteiger partial charge in [0.2, 0.25) is 5.91 Å². The van der Waals surface area contributed by atoms with Crippen molar-refractivity contribution in [3.8, 4) is 5.69 Å². The van der Waals surface area contributed by atoms with Gasteiger partial charge in [0.05, 0.1) is 30.0 Å². The fourth-order valence-corrected chi connectivity index (χ4v) is 2.46. The average molecular weight is 319 g/mol. The van der Waals surface area contributed by atoms with Crippen molar-refractivity contribution in [1.29, 1.82) is 0 Å². The molecule has 0 unspecified atom stereocenters. The van der Waals surface area contributed by atoms with E-state index >= 15 is 0 Å². The number of thioether (sulfide) groups is 1. The van der Waals surface area contributed by atoms with Gasteiger partial charge in [0.15, 0.2) is 0 Å². The van der Waals surface area contributed by atoms with Gasteiger partial charge in [0.1, 0.15) is 5.82 Å². The first-order valence-corrected chi connectivity index (χ1v) is 7.82. The minimum Gasteiger partial charge on any atom is -0.468 e. The standard InChI is InChI=1S/C15H17N3O3S/c1-11-8-13(16-14(19)9-22-10-15(20)21-2)18(17-11)12-6-4-3-5-7-12/h3-8H,9-10H2,1-2H3,(H,16,19). The van der Waals surface area contributed by atoms with Crippen LogP contribution in [0.25, 0.3) is 5.69 Å². The number of rotatable bonds is 6. The molecule has 0 radical (unpaired) electrons. The molecule has 2 rings (SSSR count). The highest BCUT2D eigenvalue weighted by molar-refractivity contribution is 8.00. The molecule has 0 bridgehead atoms. The highest BCUT2D eigenvalue weighted by Gasteiger charge is 2.11. The average Bonchev–Trinajstić information content (AvgIpc) is 2.88. The number of aryl methyl sites for hydroxylation is 1. The van der Waals surface area contributed by atoms with Crippen molar-refractivity contribution in [2.45, 2.75) is 6.92 Å². The second-order valence-corrected chi connectivity index (χ2v) is 5.52. The molecule has 0 aliphatic heterocycles. The maximum absolute atomic E-state index is 11.9. The Kier molecular flexibility index (Phi) is 5.60. The Labute approximate surface area is 132 Å². The number of nitrogens with zero attached hydrogens (tertiary/aromatic N) is 2. The lowest BCUT2D eigenvalue weighted by atomic mass is 10.3. The molecular formula is C15H17N3O3S. The zero-order chi connectivity index (χ0) is 15.9. The maximum Gasteiger partial charge on any atom is 0.315 e. The Hall–Kier alpha value is -2.28. The van der Waals surface area contributed by atoms with E-state index in [-0.39, 0.29) is 23.4 Å². The molecule has 0 fully saturated rings. The first-order valence-electron chi connectivity index (χ1n) is 6.66. The zero-order valence-corrected chi connectivity index (χ0v) is 13.2. The summed E-state index contributed by atoms with van der Waals surface area (Å²) in [5.74, 6) is 0.399. The van der Waals surface area contributed by atoms with Crippen LogP contribution < -0.4 is 5.32 Å². The first kappa shape index (κ1) is 16.1. The largest absolute Gasteiger partial charge is 0.468 e. The molecule has 7 heteroatoms. The summed E-state index contributed by atoms with van der Waals surface area (Å²) in [5, 5.41) is 7.19. The van der Waals surface area contributed by atoms with Crippen molar-refractivity contribution in [2.75, 3.05) is 23.9 Å². The zero-order valence-electron chi connectivity index (χ0n) is 12.4. The molecule has 1 amide bonds. The molecule has 0 aliphatic carbocycles. The molecule has 0 saturated carbocycles. The molecular weight excluding hydrogens is 302 g/mol. The van der Waals surface area contributed by atoms with Crippen LogP contribution in [0.2, 0.25) is 0 Å². The third-order valence-electron chi connectivity index (χ3n) is 2.78. The Morgan fingerprint density at radius 3 is 2.68 bits per heavy atom. The van der Waals surface area contributed by atoms with Crippen molar-refractivity contribution in [3.05, 3.63) is 42.1 Å². The smallest absolute Gasteiger partial charge is 0.315 e. The second kappa shape index (κ2) is 7.65. The van der Waals surface area contributed by atoms with E-state index in [1.165, 1.54) is 18.9 Å². The molecule has 0 spiro atoms. The van der Waals surface area contributed by atoms with Crippen LogP contribution >= 0.6 is 11.8 Å². The van der Waals surface area contributed by atoms with E-state index in [9.17, 15) is 9.59 Å². The SMILES string of the molecule is COC(=O)CSCC(=O)Nc1cc(C)nn1-c1ccccc1. The molecule has 0 saturated heterocycles. The lowest BCUT2D eigenvalue weighted by Gasteiger charge is -2.08. The quantitative estimate of drug-likeness (QED) is 0.825. The molecule has 1 aromatic heterocycles. The fraction of sp³-hybridized carbons (Fsp3) is 0.267. The highest BCUT2D eigenvalue weighted by atomic mass is 32.2. The molecule has 1 aromatic carbocycles. The van der Waals surface area contributed by atoms with Crippen LogP contribution in [-0.2, 0) is 14.3 Å². The number of benzene rings is 1. The van der Waals surface area contributed by atoms with Crippen LogP contribution in [-0.4, -0.2) is 40.3 Å². The van der Waals surface area contributed by atoms with Crippen molar-refractivity contribution >= 4 is 29.5 Å². The molecule has 6 nitrogen and oxygen atoms in total. The summed E-state index contributed by atoms with van der Waals surface area (Å²) in [5.41, 5.74) is 1.68. The maximum atomic E-state index is 11.9. The molecule has 1 N–H and O–H groups in total. The van der Waals surface area contributed by atoms with Crippen molar-refractivity contribution in [3.63, 3.8) is 0 Å². The van der Waals surface area contributed by atoms with Gasteiger partial charge in [-0.1, -0.05) is 18.2 Å². The lowest BCUT2D eigenvalue weighted by molar-refractivity contribution is -0.137. The summed E-state index contributed by atoms with van der Waals surface area (Å²) >= 11 is 1.21. The van der Waals surface area contributed by atoms with Crippen molar-refractivity contribution in [1.82, 2.24) is 9.78 Å².